The molecule has 0 heterocycles. The molecule has 0 saturated heterocycles. The molecule has 104 valence electrons. The number of esters is 1. The fourth-order valence-electron chi connectivity index (χ4n) is 2.79. The first-order chi connectivity index (χ1) is 9.06. The molecule has 1 aliphatic rings. The highest BCUT2D eigenvalue weighted by Gasteiger charge is 2.44. The number of rotatable bonds is 5. The Bertz CT molecular complexity index is 470. The van der Waals surface area contributed by atoms with Crippen molar-refractivity contribution in [1.82, 2.24) is 0 Å². The van der Waals surface area contributed by atoms with Crippen LogP contribution < -0.4 is 0 Å². The van der Waals surface area contributed by atoms with Crippen molar-refractivity contribution in [3.8, 4) is 0 Å². The summed E-state index contributed by atoms with van der Waals surface area (Å²) in [6.07, 6.45) is 2.65. The summed E-state index contributed by atoms with van der Waals surface area (Å²) < 4.78 is 18.7. The second kappa shape index (κ2) is 5.72. The van der Waals surface area contributed by atoms with E-state index in [2.05, 4.69) is 6.92 Å². The molecule has 3 atom stereocenters. The highest BCUT2D eigenvalue weighted by atomic mass is 19.1. The SMILES string of the molecule is CCC(CC1CC1C(=O)OC)c1ccc(C)cc1F. The van der Waals surface area contributed by atoms with Gasteiger partial charge in [0.05, 0.1) is 13.0 Å². The van der Waals surface area contributed by atoms with Gasteiger partial charge in [-0.25, -0.2) is 4.39 Å². The van der Waals surface area contributed by atoms with Crippen LogP contribution in [0.3, 0.4) is 0 Å². The second-order valence-electron chi connectivity index (χ2n) is 5.49. The van der Waals surface area contributed by atoms with Gasteiger partial charge in [0.15, 0.2) is 0 Å². The van der Waals surface area contributed by atoms with Gasteiger partial charge < -0.3 is 4.74 Å². The molecule has 2 nitrogen and oxygen atoms in total. The summed E-state index contributed by atoms with van der Waals surface area (Å²) in [6.45, 7) is 3.96. The summed E-state index contributed by atoms with van der Waals surface area (Å²) in [5.41, 5.74) is 1.72. The minimum atomic E-state index is -0.123. The average Bonchev–Trinajstić information content (AvgIpc) is 3.15. The molecule has 0 N–H and O–H groups in total. The molecule has 0 spiro atoms. The Morgan fingerprint density at radius 3 is 2.84 bits per heavy atom. The average molecular weight is 264 g/mol. The predicted molar refractivity (Wildman–Crippen MR) is 72.4 cm³/mol. The fourth-order valence-corrected chi connectivity index (χ4v) is 2.79. The van der Waals surface area contributed by atoms with E-state index < -0.39 is 0 Å². The van der Waals surface area contributed by atoms with Gasteiger partial charge in [-0.05, 0) is 55.2 Å². The van der Waals surface area contributed by atoms with Crippen molar-refractivity contribution < 1.29 is 13.9 Å². The molecule has 19 heavy (non-hydrogen) atoms. The first-order valence-corrected chi connectivity index (χ1v) is 6.90. The van der Waals surface area contributed by atoms with Gasteiger partial charge in [0.2, 0.25) is 0 Å². The zero-order chi connectivity index (χ0) is 14.0. The number of hydrogen-bond acceptors (Lipinski definition) is 2. The van der Waals surface area contributed by atoms with Crippen LogP contribution in [0.5, 0.6) is 0 Å². The van der Waals surface area contributed by atoms with Crippen molar-refractivity contribution in [3.63, 3.8) is 0 Å². The summed E-state index contributed by atoms with van der Waals surface area (Å²) >= 11 is 0. The Kier molecular flexibility index (Phi) is 4.23. The number of halogens is 1. The highest BCUT2D eigenvalue weighted by Crippen LogP contribution is 2.46. The van der Waals surface area contributed by atoms with Crippen LogP contribution in [0.25, 0.3) is 0 Å². The quantitative estimate of drug-likeness (QED) is 0.756. The molecule has 0 aliphatic heterocycles. The Morgan fingerprint density at radius 1 is 1.53 bits per heavy atom. The largest absolute Gasteiger partial charge is 0.469 e. The van der Waals surface area contributed by atoms with E-state index in [1.165, 1.54) is 7.11 Å². The van der Waals surface area contributed by atoms with Gasteiger partial charge in [0, 0.05) is 0 Å². The summed E-state index contributed by atoms with van der Waals surface area (Å²) in [5.74, 6) is 0.345. The van der Waals surface area contributed by atoms with E-state index in [4.69, 9.17) is 4.74 Å². The first-order valence-electron chi connectivity index (χ1n) is 6.90. The monoisotopic (exact) mass is 264 g/mol. The molecule has 3 unspecified atom stereocenters. The lowest BCUT2D eigenvalue weighted by Crippen LogP contribution is -2.07. The van der Waals surface area contributed by atoms with Crippen LogP contribution in [0.1, 0.15) is 43.2 Å². The lowest BCUT2D eigenvalue weighted by molar-refractivity contribution is -0.142. The number of ether oxygens (including phenoxy) is 1. The van der Waals surface area contributed by atoms with Crippen LogP contribution >= 0.6 is 0 Å². The number of hydrogen-bond donors (Lipinski definition) is 0. The molecule has 1 aromatic rings. The Labute approximate surface area is 114 Å². The van der Waals surface area contributed by atoms with Gasteiger partial charge in [-0.3, -0.25) is 4.79 Å². The number of aryl methyl sites for hydroxylation is 1. The first kappa shape index (κ1) is 14.0. The van der Waals surface area contributed by atoms with Crippen molar-refractivity contribution in [2.45, 2.75) is 39.0 Å². The predicted octanol–water partition coefficient (Wildman–Crippen LogP) is 3.83. The molecule has 3 heteroatoms. The van der Waals surface area contributed by atoms with Crippen molar-refractivity contribution in [1.29, 1.82) is 0 Å². The van der Waals surface area contributed by atoms with E-state index >= 15 is 0 Å². The Morgan fingerprint density at radius 2 is 2.26 bits per heavy atom. The van der Waals surface area contributed by atoms with Crippen molar-refractivity contribution in [2.24, 2.45) is 11.8 Å². The summed E-state index contributed by atoms with van der Waals surface area (Å²) in [6, 6.07) is 5.42. The molecule has 2 rings (SSSR count). The molecule has 0 amide bonds. The molecule has 0 aromatic heterocycles. The van der Waals surface area contributed by atoms with Crippen LogP contribution in [0.15, 0.2) is 18.2 Å². The van der Waals surface area contributed by atoms with Crippen LogP contribution in [0.2, 0.25) is 0 Å². The second-order valence-corrected chi connectivity index (χ2v) is 5.49. The van der Waals surface area contributed by atoms with Crippen molar-refractivity contribution in [2.75, 3.05) is 7.11 Å². The molecule has 0 bridgehead atoms. The van der Waals surface area contributed by atoms with Gasteiger partial charge in [0.25, 0.3) is 0 Å². The van der Waals surface area contributed by atoms with Crippen LogP contribution in [-0.4, -0.2) is 13.1 Å². The maximum absolute atomic E-state index is 14.0. The molecule has 1 aliphatic carbocycles. The van der Waals surface area contributed by atoms with Gasteiger partial charge in [-0.1, -0.05) is 19.1 Å². The smallest absolute Gasteiger partial charge is 0.308 e. The van der Waals surface area contributed by atoms with Gasteiger partial charge in [-0.15, -0.1) is 0 Å². The van der Waals surface area contributed by atoms with E-state index in [1.54, 1.807) is 6.07 Å². The zero-order valence-electron chi connectivity index (χ0n) is 11.8. The maximum Gasteiger partial charge on any atom is 0.308 e. The standard InChI is InChI=1S/C16H21FO2/c1-4-11(8-12-9-14(12)16(18)19-3)13-6-5-10(2)7-15(13)17/h5-7,11-12,14H,4,8-9H2,1-3H3. The normalized spacial score (nSPS) is 22.9. The zero-order valence-corrected chi connectivity index (χ0v) is 11.8. The van der Waals surface area contributed by atoms with Crippen LogP contribution in [0, 0.1) is 24.6 Å². The van der Waals surface area contributed by atoms with E-state index in [0.717, 1.165) is 30.4 Å². The van der Waals surface area contributed by atoms with Gasteiger partial charge in [-0.2, -0.15) is 0 Å². The molecular formula is C16H21FO2. The van der Waals surface area contributed by atoms with Crippen LogP contribution in [0.4, 0.5) is 4.39 Å². The number of carbonyl (C=O) groups excluding carboxylic acids is 1. The van der Waals surface area contributed by atoms with E-state index in [9.17, 15) is 9.18 Å². The number of carbonyl (C=O) groups is 1. The van der Waals surface area contributed by atoms with Crippen molar-refractivity contribution in [3.05, 3.63) is 35.1 Å². The Balaban J connectivity index is 2.03. The molecule has 0 radical (unpaired) electrons. The van der Waals surface area contributed by atoms with Crippen molar-refractivity contribution >= 4 is 5.97 Å². The number of benzene rings is 1. The topological polar surface area (TPSA) is 26.3 Å². The molecular weight excluding hydrogens is 243 g/mol. The third kappa shape index (κ3) is 3.14. The molecule has 1 fully saturated rings. The summed E-state index contributed by atoms with van der Waals surface area (Å²) in [4.78, 5) is 11.4. The maximum atomic E-state index is 14.0. The summed E-state index contributed by atoms with van der Waals surface area (Å²) in [7, 11) is 1.43. The fraction of sp³-hybridized carbons (Fsp3) is 0.562. The lowest BCUT2D eigenvalue weighted by atomic mass is 9.89. The molecule has 1 aromatic carbocycles. The third-order valence-corrected chi connectivity index (χ3v) is 4.10. The van der Waals surface area contributed by atoms with Gasteiger partial charge in [0.1, 0.15) is 5.82 Å². The minimum Gasteiger partial charge on any atom is -0.469 e. The highest BCUT2D eigenvalue weighted by molar-refractivity contribution is 5.75. The minimum absolute atomic E-state index is 0.0348. The molecule has 1 saturated carbocycles. The van der Waals surface area contributed by atoms with Crippen LogP contribution in [-0.2, 0) is 9.53 Å². The summed E-state index contributed by atoms with van der Waals surface area (Å²) in [5, 5.41) is 0. The van der Waals surface area contributed by atoms with Gasteiger partial charge >= 0.3 is 5.97 Å². The Hall–Kier alpha value is -1.38. The number of methoxy groups -OCH3 is 1. The van der Waals surface area contributed by atoms with E-state index in [1.807, 2.05) is 19.1 Å². The van der Waals surface area contributed by atoms with E-state index in [0.29, 0.717) is 5.92 Å². The third-order valence-electron chi connectivity index (χ3n) is 4.10. The lowest BCUT2D eigenvalue weighted by Gasteiger charge is -2.16. The van der Waals surface area contributed by atoms with E-state index in [-0.39, 0.29) is 23.6 Å².